The van der Waals surface area contributed by atoms with E-state index >= 15 is 0 Å². The highest BCUT2D eigenvalue weighted by Gasteiger charge is 2.12. The zero-order valence-corrected chi connectivity index (χ0v) is 20.5. The largest absolute Gasteiger partial charge is 0.493 e. The zero-order valence-electron chi connectivity index (χ0n) is 18.2. The second-order valence-electron chi connectivity index (χ2n) is 6.65. The molecule has 1 aromatic rings. The van der Waals surface area contributed by atoms with Crippen LogP contribution in [-0.2, 0) is 11.2 Å². The number of hydrogen-bond donors (Lipinski definition) is 2. The average molecular weight is 507 g/mol. The molecule has 1 aromatic carbocycles. The van der Waals surface area contributed by atoms with Gasteiger partial charge >= 0.3 is 0 Å². The molecular weight excluding hydrogens is 469 g/mol. The van der Waals surface area contributed by atoms with Gasteiger partial charge in [-0.1, -0.05) is 19.9 Å². The summed E-state index contributed by atoms with van der Waals surface area (Å²) in [6.45, 7) is 11.6. The standard InChI is InChI=1S/C21H37N3O3.HI/c1-7-22-21(24-14-12-18(16(3)4)27-8-2)23-13-11-17-9-10-19(25-5)20(15-17)26-6;/h9-10,15-16,18H,7-8,11-14H2,1-6H3,(H2,22,23,24);1H. The molecule has 6 nitrogen and oxygen atoms in total. The third-order valence-corrected chi connectivity index (χ3v) is 4.31. The van der Waals surface area contributed by atoms with Crippen LogP contribution >= 0.6 is 24.0 Å². The molecule has 0 aliphatic heterocycles. The fraction of sp³-hybridized carbons (Fsp3) is 0.667. The summed E-state index contributed by atoms with van der Waals surface area (Å²) in [7, 11) is 3.30. The number of benzene rings is 1. The van der Waals surface area contributed by atoms with Crippen LogP contribution in [-0.4, -0.2) is 52.5 Å². The van der Waals surface area contributed by atoms with Crippen LogP contribution < -0.4 is 20.1 Å². The van der Waals surface area contributed by atoms with Gasteiger partial charge < -0.3 is 24.8 Å². The molecule has 0 spiro atoms. The first-order chi connectivity index (χ1) is 13.0. The topological polar surface area (TPSA) is 64.1 Å². The van der Waals surface area contributed by atoms with Crippen molar-refractivity contribution in [3.63, 3.8) is 0 Å². The number of methoxy groups -OCH3 is 2. The minimum atomic E-state index is 0. The van der Waals surface area contributed by atoms with Crippen molar-refractivity contribution in [2.45, 2.75) is 46.6 Å². The van der Waals surface area contributed by atoms with E-state index in [1.165, 1.54) is 5.56 Å². The second kappa shape index (κ2) is 15.7. The monoisotopic (exact) mass is 507 g/mol. The molecule has 0 saturated carbocycles. The fourth-order valence-corrected chi connectivity index (χ4v) is 2.83. The van der Waals surface area contributed by atoms with Gasteiger partial charge in [-0.05, 0) is 50.3 Å². The molecule has 0 radical (unpaired) electrons. The van der Waals surface area contributed by atoms with Crippen molar-refractivity contribution >= 4 is 29.9 Å². The van der Waals surface area contributed by atoms with E-state index in [2.05, 4.69) is 42.5 Å². The number of aliphatic imine (C=N–C) groups is 1. The lowest BCUT2D eigenvalue weighted by Crippen LogP contribution is -2.38. The lowest BCUT2D eigenvalue weighted by molar-refractivity contribution is 0.0266. The maximum absolute atomic E-state index is 5.79. The number of hydrogen-bond acceptors (Lipinski definition) is 4. The summed E-state index contributed by atoms with van der Waals surface area (Å²) in [6.07, 6.45) is 2.06. The van der Waals surface area contributed by atoms with Gasteiger partial charge in [-0.25, -0.2) is 0 Å². The quantitative estimate of drug-likeness (QED) is 0.256. The molecule has 0 amide bonds. The number of rotatable bonds is 12. The maximum atomic E-state index is 5.79. The Morgan fingerprint density at radius 2 is 1.79 bits per heavy atom. The van der Waals surface area contributed by atoms with Crippen molar-refractivity contribution in [2.75, 3.05) is 40.5 Å². The normalized spacial score (nSPS) is 12.3. The highest BCUT2D eigenvalue weighted by Crippen LogP contribution is 2.27. The first kappa shape index (κ1) is 26.8. The molecule has 0 aliphatic carbocycles. The number of ether oxygens (including phenoxy) is 3. The van der Waals surface area contributed by atoms with Crippen LogP contribution in [0.5, 0.6) is 11.5 Å². The van der Waals surface area contributed by atoms with Gasteiger partial charge in [0.15, 0.2) is 17.5 Å². The summed E-state index contributed by atoms with van der Waals surface area (Å²) in [6, 6.07) is 6.01. The van der Waals surface area contributed by atoms with E-state index in [0.717, 1.165) is 56.5 Å². The van der Waals surface area contributed by atoms with Crippen LogP contribution in [0.1, 0.15) is 39.7 Å². The van der Waals surface area contributed by atoms with Crippen LogP contribution in [0.2, 0.25) is 0 Å². The van der Waals surface area contributed by atoms with Crippen LogP contribution in [0.25, 0.3) is 0 Å². The Morgan fingerprint density at radius 1 is 1.07 bits per heavy atom. The molecule has 1 unspecified atom stereocenters. The fourth-order valence-electron chi connectivity index (χ4n) is 2.83. The van der Waals surface area contributed by atoms with Gasteiger partial charge in [0.05, 0.1) is 20.3 Å². The third-order valence-electron chi connectivity index (χ3n) is 4.31. The molecule has 2 N–H and O–H groups in total. The van der Waals surface area contributed by atoms with Gasteiger partial charge in [0.2, 0.25) is 0 Å². The smallest absolute Gasteiger partial charge is 0.191 e. The van der Waals surface area contributed by atoms with Crippen LogP contribution in [0, 0.1) is 5.92 Å². The Balaban J connectivity index is 0.00000729. The summed E-state index contributed by atoms with van der Waals surface area (Å²) in [5.41, 5.74) is 1.19. The highest BCUT2D eigenvalue weighted by molar-refractivity contribution is 14.0. The van der Waals surface area contributed by atoms with Gasteiger partial charge in [-0.3, -0.25) is 4.99 Å². The number of nitrogens with zero attached hydrogens (tertiary/aromatic N) is 1. The van der Waals surface area contributed by atoms with Crippen molar-refractivity contribution in [3.05, 3.63) is 23.8 Å². The van der Waals surface area contributed by atoms with E-state index in [9.17, 15) is 0 Å². The minimum Gasteiger partial charge on any atom is -0.493 e. The van der Waals surface area contributed by atoms with Gasteiger partial charge in [0, 0.05) is 26.2 Å². The summed E-state index contributed by atoms with van der Waals surface area (Å²) < 4.78 is 16.4. The van der Waals surface area contributed by atoms with Crippen molar-refractivity contribution in [1.29, 1.82) is 0 Å². The summed E-state index contributed by atoms with van der Waals surface area (Å²) in [5, 5.41) is 6.69. The molecule has 0 heterocycles. The van der Waals surface area contributed by atoms with E-state index in [4.69, 9.17) is 14.2 Å². The van der Waals surface area contributed by atoms with Crippen molar-refractivity contribution < 1.29 is 14.2 Å². The molecule has 0 aliphatic rings. The summed E-state index contributed by atoms with van der Waals surface area (Å²) in [4.78, 5) is 4.68. The molecule has 7 heteroatoms. The van der Waals surface area contributed by atoms with Crippen molar-refractivity contribution in [2.24, 2.45) is 10.9 Å². The van der Waals surface area contributed by atoms with E-state index in [1.54, 1.807) is 14.2 Å². The summed E-state index contributed by atoms with van der Waals surface area (Å²) in [5.74, 6) is 2.85. The maximum Gasteiger partial charge on any atom is 0.191 e. The highest BCUT2D eigenvalue weighted by atomic mass is 127. The Hall–Kier alpha value is -1.22. The van der Waals surface area contributed by atoms with E-state index in [-0.39, 0.29) is 30.1 Å². The van der Waals surface area contributed by atoms with Gasteiger partial charge in [-0.2, -0.15) is 0 Å². The van der Waals surface area contributed by atoms with Gasteiger partial charge in [-0.15, -0.1) is 24.0 Å². The van der Waals surface area contributed by atoms with Crippen LogP contribution in [0.4, 0.5) is 0 Å². The second-order valence-corrected chi connectivity index (χ2v) is 6.65. The molecule has 1 rings (SSSR count). The van der Waals surface area contributed by atoms with Gasteiger partial charge in [0.25, 0.3) is 0 Å². The van der Waals surface area contributed by atoms with E-state index < -0.39 is 0 Å². The number of halogens is 1. The predicted octanol–water partition coefficient (Wildman–Crippen LogP) is 3.87. The lowest BCUT2D eigenvalue weighted by Gasteiger charge is -2.20. The molecule has 0 saturated heterocycles. The van der Waals surface area contributed by atoms with E-state index in [1.807, 2.05) is 19.1 Å². The Morgan fingerprint density at radius 3 is 2.36 bits per heavy atom. The molecule has 1 atom stereocenters. The Kier molecular flexibility index (Phi) is 15.0. The predicted molar refractivity (Wildman–Crippen MR) is 128 cm³/mol. The lowest BCUT2D eigenvalue weighted by atomic mass is 10.0. The third kappa shape index (κ3) is 9.82. The first-order valence-electron chi connectivity index (χ1n) is 9.90. The van der Waals surface area contributed by atoms with Crippen molar-refractivity contribution in [3.8, 4) is 11.5 Å². The van der Waals surface area contributed by atoms with Crippen molar-refractivity contribution in [1.82, 2.24) is 10.6 Å². The molecule has 0 bridgehead atoms. The molecular formula is C21H38IN3O3. The first-order valence-corrected chi connectivity index (χ1v) is 9.90. The molecule has 162 valence electrons. The number of nitrogens with one attached hydrogen (secondary N) is 2. The molecule has 0 fully saturated rings. The molecule has 0 aromatic heterocycles. The summed E-state index contributed by atoms with van der Waals surface area (Å²) >= 11 is 0. The average Bonchev–Trinajstić information content (AvgIpc) is 2.66. The van der Waals surface area contributed by atoms with Gasteiger partial charge in [0.1, 0.15) is 0 Å². The van der Waals surface area contributed by atoms with Crippen LogP contribution in [0.15, 0.2) is 23.2 Å². The molecule has 28 heavy (non-hydrogen) atoms. The minimum absolute atomic E-state index is 0. The number of guanidine groups is 1. The Labute approximate surface area is 187 Å². The Bertz CT molecular complexity index is 568. The van der Waals surface area contributed by atoms with E-state index in [0.29, 0.717) is 5.92 Å². The SMILES string of the molecule is CCNC(=NCCC(OCC)C(C)C)NCCc1ccc(OC)c(OC)c1.I. The van der Waals surface area contributed by atoms with Crippen LogP contribution in [0.3, 0.4) is 0 Å². The zero-order chi connectivity index (χ0) is 20.1.